The zero-order valence-corrected chi connectivity index (χ0v) is 21.8. The number of nitrogens with one attached hydrogen (secondary N) is 3. The molecule has 0 bridgehead atoms. The Kier molecular flexibility index (Phi) is 9.73. The highest BCUT2D eigenvalue weighted by Crippen LogP contribution is 2.28. The number of aliphatic hydroxyl groups is 1. The fourth-order valence-corrected chi connectivity index (χ4v) is 4.65. The number of rotatable bonds is 11. The van der Waals surface area contributed by atoms with Gasteiger partial charge in [-0.15, -0.1) is 0 Å². The average molecular weight is 535 g/mol. The summed E-state index contributed by atoms with van der Waals surface area (Å²) in [5.74, 6) is -1.19. The number of aliphatic hydroxyl groups excluding tert-OH is 1. The van der Waals surface area contributed by atoms with E-state index in [4.69, 9.17) is 4.74 Å². The Morgan fingerprint density at radius 2 is 1.81 bits per heavy atom. The van der Waals surface area contributed by atoms with Crippen molar-refractivity contribution in [2.45, 2.75) is 38.3 Å². The van der Waals surface area contributed by atoms with Gasteiger partial charge in [-0.1, -0.05) is 6.07 Å². The van der Waals surface area contributed by atoms with Crippen molar-refractivity contribution < 1.29 is 33.0 Å². The maximum atomic E-state index is 11.9. The van der Waals surface area contributed by atoms with Crippen LogP contribution in [0.25, 0.3) is 0 Å². The van der Waals surface area contributed by atoms with Crippen LogP contribution in [0.15, 0.2) is 42.5 Å². The van der Waals surface area contributed by atoms with Crippen LogP contribution in [0.1, 0.15) is 37.9 Å². The van der Waals surface area contributed by atoms with Crippen molar-refractivity contribution in [2.75, 3.05) is 47.4 Å². The smallest absolute Gasteiger partial charge is 0.315 e. The van der Waals surface area contributed by atoms with E-state index in [-0.39, 0.29) is 37.1 Å². The molecule has 1 unspecified atom stereocenters. The van der Waals surface area contributed by atoms with E-state index >= 15 is 0 Å². The first-order valence-electron chi connectivity index (χ1n) is 12.1. The maximum Gasteiger partial charge on any atom is 0.315 e. The monoisotopic (exact) mass is 534 g/mol. The lowest BCUT2D eigenvalue weighted by Gasteiger charge is -2.34. The molecule has 0 aromatic heterocycles. The number of anilines is 3. The van der Waals surface area contributed by atoms with Gasteiger partial charge in [0.15, 0.2) is 0 Å². The van der Waals surface area contributed by atoms with Crippen molar-refractivity contribution in [3.05, 3.63) is 48.0 Å². The summed E-state index contributed by atoms with van der Waals surface area (Å²) in [7, 11) is -3.56. The molecule has 0 spiro atoms. The molecule has 12 heteroatoms. The van der Waals surface area contributed by atoms with Crippen LogP contribution in [-0.2, 0) is 24.3 Å². The molecule has 2 aromatic rings. The van der Waals surface area contributed by atoms with E-state index in [0.29, 0.717) is 11.3 Å². The normalized spacial score (nSPS) is 15.2. The van der Waals surface area contributed by atoms with E-state index in [0.717, 1.165) is 37.9 Å². The average Bonchev–Trinajstić information content (AvgIpc) is 2.84. The Bertz CT molecular complexity index is 1180. The molecule has 2 aromatic carbocycles. The Balaban J connectivity index is 1.45. The fourth-order valence-electron chi connectivity index (χ4n) is 4.08. The second kappa shape index (κ2) is 12.7. The predicted molar refractivity (Wildman–Crippen MR) is 141 cm³/mol. The molecule has 0 saturated carbocycles. The SMILES string of the molecule is CCOC(=O)CC(=O)Nc1ccc(N2CCC(NCC(O)c3ccc(O)c(NS(C)(=O)=O)c3)CC2)cc1. The summed E-state index contributed by atoms with van der Waals surface area (Å²) in [6, 6.07) is 12.0. The first-order valence-corrected chi connectivity index (χ1v) is 14.0. The first kappa shape index (κ1) is 28.2. The lowest BCUT2D eigenvalue weighted by Crippen LogP contribution is -2.43. The highest BCUT2D eigenvalue weighted by atomic mass is 32.2. The molecule has 1 heterocycles. The third-order valence-corrected chi connectivity index (χ3v) is 6.51. The number of ether oxygens (including phenoxy) is 1. The van der Waals surface area contributed by atoms with E-state index in [1.807, 2.05) is 12.1 Å². The van der Waals surface area contributed by atoms with Crippen LogP contribution in [-0.4, -0.2) is 69.0 Å². The first-order chi connectivity index (χ1) is 17.5. The predicted octanol–water partition coefficient (Wildman–Crippen LogP) is 1.95. The largest absolute Gasteiger partial charge is 0.506 e. The van der Waals surface area contributed by atoms with Gasteiger partial charge in [0.25, 0.3) is 0 Å². The van der Waals surface area contributed by atoms with E-state index < -0.39 is 28.0 Å². The number of hydrogen-bond donors (Lipinski definition) is 5. The number of piperidine rings is 1. The molecule has 5 N–H and O–H groups in total. The van der Waals surface area contributed by atoms with Crippen molar-refractivity contribution in [1.29, 1.82) is 0 Å². The quantitative estimate of drug-likeness (QED) is 0.165. The van der Waals surface area contributed by atoms with Crippen LogP contribution in [0.3, 0.4) is 0 Å². The Hall–Kier alpha value is -3.35. The molecule has 1 atom stereocenters. The number of sulfonamides is 1. The molecule has 202 valence electrons. The number of aromatic hydroxyl groups is 1. The van der Waals surface area contributed by atoms with Gasteiger partial charge in [0.1, 0.15) is 12.2 Å². The maximum absolute atomic E-state index is 11.9. The molecule has 37 heavy (non-hydrogen) atoms. The number of esters is 1. The number of benzene rings is 2. The summed E-state index contributed by atoms with van der Waals surface area (Å²) < 4.78 is 30.0. The third-order valence-electron chi connectivity index (χ3n) is 5.92. The standard InChI is InChI=1S/C25H34N4O7S/c1-3-36-25(33)15-24(32)27-19-5-7-20(8-6-19)29-12-10-18(11-13-29)26-16-23(31)17-4-9-22(30)21(14-17)28-37(2,34)35/h4-9,14,18,23,26,28,30-31H,3,10-13,15-16H2,1-2H3,(H,27,32). The summed E-state index contributed by atoms with van der Waals surface area (Å²) in [6.07, 6.45) is 1.52. The van der Waals surface area contributed by atoms with E-state index in [2.05, 4.69) is 20.3 Å². The minimum atomic E-state index is -3.56. The van der Waals surface area contributed by atoms with Crippen molar-refractivity contribution in [1.82, 2.24) is 5.32 Å². The second-order valence-electron chi connectivity index (χ2n) is 8.91. The van der Waals surface area contributed by atoms with Gasteiger partial charge in [0.2, 0.25) is 15.9 Å². The number of amides is 1. The molecule has 1 saturated heterocycles. The zero-order chi connectivity index (χ0) is 27.0. The molecule has 0 aliphatic carbocycles. The number of carbonyl (C=O) groups is 2. The molecule has 11 nitrogen and oxygen atoms in total. The minimum absolute atomic E-state index is 0.0249. The number of phenols is 1. The van der Waals surface area contributed by atoms with Crippen LogP contribution < -0.4 is 20.3 Å². The van der Waals surface area contributed by atoms with Gasteiger partial charge in [-0.2, -0.15) is 0 Å². The molecule has 0 radical (unpaired) electrons. The van der Waals surface area contributed by atoms with Gasteiger partial charge >= 0.3 is 5.97 Å². The minimum Gasteiger partial charge on any atom is -0.506 e. The zero-order valence-electron chi connectivity index (χ0n) is 20.9. The number of nitrogens with zero attached hydrogens (tertiary/aromatic N) is 1. The van der Waals surface area contributed by atoms with Gasteiger partial charge in [-0.05, 0) is 61.7 Å². The van der Waals surface area contributed by atoms with Crippen LogP contribution >= 0.6 is 0 Å². The van der Waals surface area contributed by atoms with E-state index in [1.165, 1.54) is 12.1 Å². The number of phenolic OH excluding ortho intramolecular Hbond substituents is 1. The molecule has 1 aliphatic heterocycles. The molecule has 1 amide bonds. The number of carbonyl (C=O) groups excluding carboxylic acids is 2. The van der Waals surface area contributed by atoms with Gasteiger partial charge in [0.05, 0.1) is 24.7 Å². The van der Waals surface area contributed by atoms with Gasteiger partial charge in [-0.3, -0.25) is 14.3 Å². The third kappa shape index (κ3) is 8.92. The summed E-state index contributed by atoms with van der Waals surface area (Å²) in [6.45, 7) is 3.83. The second-order valence-corrected chi connectivity index (χ2v) is 10.7. The topological polar surface area (TPSA) is 157 Å². The summed E-state index contributed by atoms with van der Waals surface area (Å²) >= 11 is 0. The lowest BCUT2D eigenvalue weighted by molar-refractivity contribution is -0.145. The van der Waals surface area contributed by atoms with Crippen LogP contribution in [0, 0.1) is 0 Å². The van der Waals surface area contributed by atoms with Gasteiger partial charge in [-0.25, -0.2) is 8.42 Å². The summed E-state index contributed by atoms with van der Waals surface area (Å²) in [5.41, 5.74) is 2.14. The van der Waals surface area contributed by atoms with Crippen LogP contribution in [0.2, 0.25) is 0 Å². The molecular formula is C25H34N4O7S. The lowest BCUT2D eigenvalue weighted by atomic mass is 10.0. The van der Waals surface area contributed by atoms with Crippen molar-refractivity contribution in [3.63, 3.8) is 0 Å². The van der Waals surface area contributed by atoms with Crippen molar-refractivity contribution in [2.24, 2.45) is 0 Å². The summed E-state index contributed by atoms with van der Waals surface area (Å²) in [5, 5.41) is 26.5. The highest BCUT2D eigenvalue weighted by molar-refractivity contribution is 7.92. The van der Waals surface area contributed by atoms with Gasteiger partial charge in [0, 0.05) is 37.1 Å². The van der Waals surface area contributed by atoms with E-state index in [9.17, 15) is 28.2 Å². The Morgan fingerprint density at radius 3 is 2.43 bits per heavy atom. The Labute approximate surface area is 216 Å². The van der Waals surface area contributed by atoms with Crippen molar-refractivity contribution in [3.8, 4) is 5.75 Å². The van der Waals surface area contributed by atoms with Crippen LogP contribution in [0.4, 0.5) is 17.1 Å². The number of hydrogen-bond acceptors (Lipinski definition) is 9. The van der Waals surface area contributed by atoms with Crippen LogP contribution in [0.5, 0.6) is 5.75 Å². The Morgan fingerprint density at radius 1 is 1.14 bits per heavy atom. The molecule has 3 rings (SSSR count). The van der Waals surface area contributed by atoms with Gasteiger partial charge < -0.3 is 30.5 Å². The fraction of sp³-hybridized carbons (Fsp3) is 0.440. The molecular weight excluding hydrogens is 500 g/mol. The van der Waals surface area contributed by atoms with E-state index in [1.54, 1.807) is 25.1 Å². The van der Waals surface area contributed by atoms with Crippen molar-refractivity contribution >= 4 is 39.0 Å². The molecule has 1 aliphatic rings. The molecule has 1 fully saturated rings. The summed E-state index contributed by atoms with van der Waals surface area (Å²) in [4.78, 5) is 25.6. The highest BCUT2D eigenvalue weighted by Gasteiger charge is 2.21.